The fourth-order valence-corrected chi connectivity index (χ4v) is 2.80. The quantitative estimate of drug-likeness (QED) is 0.799. The molecule has 1 unspecified atom stereocenters. The van der Waals surface area contributed by atoms with Gasteiger partial charge in [-0.3, -0.25) is 4.79 Å². The Morgan fingerprint density at radius 1 is 1.35 bits per heavy atom. The number of benzene rings is 1. The molecule has 1 aromatic heterocycles. The van der Waals surface area contributed by atoms with Gasteiger partial charge >= 0.3 is 5.97 Å². The maximum Gasteiger partial charge on any atom is 0.329 e. The Hall–Kier alpha value is -2.70. The average Bonchev–Trinajstić information content (AvgIpc) is 2.96. The maximum atomic E-state index is 12.6. The van der Waals surface area contributed by atoms with Crippen molar-refractivity contribution in [3.63, 3.8) is 0 Å². The molecule has 0 bridgehead atoms. The predicted octanol–water partition coefficient (Wildman–Crippen LogP) is 1.45. The van der Waals surface area contributed by atoms with Crippen LogP contribution < -0.4 is 10.5 Å². The molecule has 0 fully saturated rings. The predicted molar refractivity (Wildman–Crippen MR) is 82.6 cm³/mol. The summed E-state index contributed by atoms with van der Waals surface area (Å²) >= 11 is 0. The van der Waals surface area contributed by atoms with Crippen LogP contribution in [0.4, 0.5) is 15.9 Å². The van der Waals surface area contributed by atoms with E-state index in [0.717, 1.165) is 15.9 Å². The smallest absolute Gasteiger partial charge is 0.329 e. The third kappa shape index (κ3) is 2.69. The number of methoxy groups -OCH3 is 1. The summed E-state index contributed by atoms with van der Waals surface area (Å²) in [7, 11) is 1.33. The minimum absolute atomic E-state index is 0.120. The largest absolute Gasteiger partial charge is 0.467 e. The number of fused-ring (bicyclic) bond motifs is 1. The number of hydrogen-bond acceptors (Lipinski definition) is 5. The Morgan fingerprint density at radius 2 is 2.13 bits per heavy atom. The monoisotopic (exact) mass is 317 g/mol. The molecule has 1 aliphatic heterocycles. The van der Waals surface area contributed by atoms with Crippen molar-refractivity contribution in [2.45, 2.75) is 19.0 Å². The van der Waals surface area contributed by atoms with Crippen molar-refractivity contribution in [1.29, 1.82) is 0 Å². The number of anilines is 2. The Kier molecular flexibility index (Phi) is 4.10. The number of aryl methyl sites for hydroxylation is 1. The molecule has 0 saturated heterocycles. The molecule has 0 spiro atoms. The Bertz CT molecular complexity index is 790. The van der Waals surface area contributed by atoms with Gasteiger partial charge in [-0.15, -0.1) is 0 Å². The first-order chi connectivity index (χ1) is 11.2. The molecule has 120 valence electrons. The second kappa shape index (κ2) is 6.20. The van der Waals surface area contributed by atoms with E-state index in [-0.39, 0.29) is 18.1 Å². The molecule has 0 N–H and O–H groups in total. The third-order valence-electron chi connectivity index (χ3n) is 3.85. The first-order valence-corrected chi connectivity index (χ1v) is 7.25. The Morgan fingerprint density at radius 3 is 2.87 bits per heavy atom. The third-order valence-corrected chi connectivity index (χ3v) is 3.85. The number of carbonyl (C=O) groups is 1. The van der Waals surface area contributed by atoms with E-state index in [0.29, 0.717) is 12.2 Å². The van der Waals surface area contributed by atoms with Crippen molar-refractivity contribution in [2.24, 2.45) is 0 Å². The summed E-state index contributed by atoms with van der Waals surface area (Å²) in [5, 5.41) is 4.19. The second-order valence-corrected chi connectivity index (χ2v) is 5.18. The van der Waals surface area contributed by atoms with Gasteiger partial charge in [-0.2, -0.15) is 5.10 Å². The SMILES string of the molecule is COC(=O)C1Cc2ccccc2N1c1ccc(=O)n(CCF)n1. The highest BCUT2D eigenvalue weighted by atomic mass is 19.1. The normalized spacial score (nSPS) is 16.3. The van der Waals surface area contributed by atoms with Crippen molar-refractivity contribution in [3.8, 4) is 0 Å². The number of aromatic nitrogens is 2. The number of para-hydroxylation sites is 1. The van der Waals surface area contributed by atoms with Crippen LogP contribution in [-0.4, -0.2) is 35.6 Å². The highest BCUT2D eigenvalue weighted by Crippen LogP contribution is 2.37. The fraction of sp³-hybridized carbons (Fsp3) is 0.312. The van der Waals surface area contributed by atoms with Crippen LogP contribution >= 0.6 is 0 Å². The van der Waals surface area contributed by atoms with Gasteiger partial charge in [0.25, 0.3) is 5.56 Å². The molecule has 3 rings (SSSR count). The lowest BCUT2D eigenvalue weighted by Crippen LogP contribution is -2.38. The second-order valence-electron chi connectivity index (χ2n) is 5.18. The lowest BCUT2D eigenvalue weighted by molar-refractivity contribution is -0.141. The summed E-state index contributed by atoms with van der Waals surface area (Å²) in [5.74, 6) is 0.0321. The highest BCUT2D eigenvalue weighted by molar-refractivity contribution is 5.87. The number of ether oxygens (including phenoxy) is 1. The van der Waals surface area contributed by atoms with E-state index in [1.54, 1.807) is 4.90 Å². The van der Waals surface area contributed by atoms with Crippen LogP contribution in [0, 0.1) is 0 Å². The topological polar surface area (TPSA) is 64.4 Å². The molecule has 1 aliphatic rings. The first-order valence-electron chi connectivity index (χ1n) is 7.25. The molecule has 6 nitrogen and oxygen atoms in total. The Balaban J connectivity index is 2.09. The number of carbonyl (C=O) groups excluding carboxylic acids is 1. The van der Waals surface area contributed by atoms with Crippen molar-refractivity contribution in [3.05, 3.63) is 52.3 Å². The Labute approximate surface area is 132 Å². The number of alkyl halides is 1. The van der Waals surface area contributed by atoms with Gasteiger partial charge in [-0.1, -0.05) is 18.2 Å². The van der Waals surface area contributed by atoms with Crippen LogP contribution in [0.25, 0.3) is 0 Å². The van der Waals surface area contributed by atoms with E-state index in [1.807, 2.05) is 24.3 Å². The summed E-state index contributed by atoms with van der Waals surface area (Å²) in [6.45, 7) is -0.807. The van der Waals surface area contributed by atoms with E-state index in [1.165, 1.54) is 19.2 Å². The van der Waals surface area contributed by atoms with Gasteiger partial charge in [0.15, 0.2) is 5.82 Å². The summed E-state index contributed by atoms with van der Waals surface area (Å²) in [6.07, 6.45) is 0.493. The zero-order chi connectivity index (χ0) is 16.4. The number of esters is 1. The van der Waals surface area contributed by atoms with E-state index in [2.05, 4.69) is 5.10 Å². The van der Waals surface area contributed by atoms with E-state index in [4.69, 9.17) is 4.74 Å². The number of hydrogen-bond donors (Lipinski definition) is 0. The van der Waals surface area contributed by atoms with Crippen molar-refractivity contribution in [2.75, 3.05) is 18.7 Å². The molecule has 0 amide bonds. The molecular weight excluding hydrogens is 301 g/mol. The van der Waals surface area contributed by atoms with Gasteiger partial charge in [0.05, 0.1) is 13.7 Å². The van der Waals surface area contributed by atoms with Crippen molar-refractivity contribution in [1.82, 2.24) is 9.78 Å². The summed E-state index contributed by atoms with van der Waals surface area (Å²) in [4.78, 5) is 25.6. The van der Waals surface area contributed by atoms with Gasteiger partial charge in [0.2, 0.25) is 0 Å². The van der Waals surface area contributed by atoms with Gasteiger partial charge in [0, 0.05) is 18.2 Å². The van der Waals surface area contributed by atoms with Crippen LogP contribution in [0.5, 0.6) is 0 Å². The minimum Gasteiger partial charge on any atom is -0.467 e. The zero-order valence-electron chi connectivity index (χ0n) is 12.6. The number of nitrogens with zero attached hydrogens (tertiary/aromatic N) is 3. The molecule has 0 saturated carbocycles. The van der Waals surface area contributed by atoms with Crippen LogP contribution in [0.3, 0.4) is 0 Å². The van der Waals surface area contributed by atoms with Crippen LogP contribution in [0.1, 0.15) is 5.56 Å². The molecule has 0 aliphatic carbocycles. The molecular formula is C16H16FN3O3. The lowest BCUT2D eigenvalue weighted by atomic mass is 10.1. The summed E-state index contributed by atoms with van der Waals surface area (Å²) in [5.41, 5.74) is 1.45. The highest BCUT2D eigenvalue weighted by Gasteiger charge is 2.37. The number of halogens is 1. The molecule has 1 atom stereocenters. The average molecular weight is 317 g/mol. The van der Waals surface area contributed by atoms with Crippen LogP contribution in [-0.2, 0) is 22.5 Å². The first kappa shape index (κ1) is 15.2. The lowest BCUT2D eigenvalue weighted by Gasteiger charge is -2.24. The summed E-state index contributed by atoms with van der Waals surface area (Å²) < 4.78 is 18.5. The summed E-state index contributed by atoms with van der Waals surface area (Å²) in [6, 6.07) is 9.88. The fourth-order valence-electron chi connectivity index (χ4n) is 2.80. The van der Waals surface area contributed by atoms with E-state index < -0.39 is 12.7 Å². The number of rotatable bonds is 4. The molecule has 23 heavy (non-hydrogen) atoms. The van der Waals surface area contributed by atoms with E-state index in [9.17, 15) is 14.0 Å². The minimum atomic E-state index is -0.687. The van der Waals surface area contributed by atoms with Gasteiger partial charge in [-0.25, -0.2) is 13.9 Å². The van der Waals surface area contributed by atoms with Gasteiger partial charge in [0.1, 0.15) is 12.7 Å². The van der Waals surface area contributed by atoms with Crippen LogP contribution in [0.15, 0.2) is 41.2 Å². The van der Waals surface area contributed by atoms with Gasteiger partial charge in [-0.05, 0) is 17.7 Å². The molecule has 1 aromatic carbocycles. The molecule has 2 heterocycles. The van der Waals surface area contributed by atoms with Crippen molar-refractivity contribution < 1.29 is 13.9 Å². The maximum absolute atomic E-state index is 12.6. The standard InChI is InChI=1S/C16H16FN3O3/c1-23-16(22)13-10-11-4-2-3-5-12(11)20(13)14-6-7-15(21)19(18-14)9-8-17/h2-7,13H,8-10H2,1H3. The zero-order valence-corrected chi connectivity index (χ0v) is 12.6. The molecule has 2 aromatic rings. The van der Waals surface area contributed by atoms with E-state index >= 15 is 0 Å². The van der Waals surface area contributed by atoms with Gasteiger partial charge < -0.3 is 9.64 Å². The molecule has 7 heteroatoms. The van der Waals surface area contributed by atoms with Crippen LogP contribution in [0.2, 0.25) is 0 Å². The van der Waals surface area contributed by atoms with Crippen molar-refractivity contribution >= 4 is 17.5 Å². The molecule has 0 radical (unpaired) electrons.